The molecule has 0 bridgehead atoms. The van der Waals surface area contributed by atoms with Gasteiger partial charge in [0.25, 0.3) is 5.91 Å². The number of carbonyl (C=O) groups excluding carboxylic acids is 2. The summed E-state index contributed by atoms with van der Waals surface area (Å²) >= 11 is 5.63. The molecule has 1 spiro atoms. The van der Waals surface area contributed by atoms with Gasteiger partial charge in [-0.25, -0.2) is 4.79 Å². The molecule has 2 heterocycles. The molecule has 1 aromatic carbocycles. The highest BCUT2D eigenvalue weighted by Gasteiger charge is 2.43. The zero-order valence-corrected chi connectivity index (χ0v) is 21.0. The summed E-state index contributed by atoms with van der Waals surface area (Å²) in [4.78, 5) is 29.3. The Morgan fingerprint density at radius 2 is 1.67 bits per heavy atom. The summed E-state index contributed by atoms with van der Waals surface area (Å²) in [6, 6.07) is 4.82. The molecule has 1 atom stereocenters. The Hall–Kier alpha value is -2.55. The van der Waals surface area contributed by atoms with Gasteiger partial charge in [-0.05, 0) is 61.0 Å². The molecular weight excluding hydrogens is 442 g/mol. The lowest BCUT2D eigenvalue weighted by Gasteiger charge is -2.39. The van der Waals surface area contributed by atoms with Crippen LogP contribution in [0.4, 0.5) is 0 Å². The molecule has 8 nitrogen and oxygen atoms in total. The Kier molecular flexibility index (Phi) is 8.05. The third-order valence-electron chi connectivity index (χ3n) is 6.87. The number of nitrogens with one attached hydrogen (secondary N) is 1. The number of nitrogens with zero attached hydrogens (tertiary/aromatic N) is 2. The number of methoxy groups -OCH3 is 3. The smallest absolute Gasteiger partial charge is 0.328 e. The number of likely N-dealkylation sites (tertiary alicyclic amines) is 2. The van der Waals surface area contributed by atoms with Crippen molar-refractivity contribution in [3.8, 4) is 11.5 Å². The Morgan fingerprint density at radius 1 is 1.03 bits per heavy atom. The van der Waals surface area contributed by atoms with E-state index in [0.717, 1.165) is 32.4 Å². The first-order valence-corrected chi connectivity index (χ1v) is 11.8. The van der Waals surface area contributed by atoms with Gasteiger partial charge in [0.05, 0.1) is 26.9 Å². The van der Waals surface area contributed by atoms with E-state index in [0.29, 0.717) is 35.3 Å². The summed E-state index contributed by atoms with van der Waals surface area (Å²) in [6.45, 7) is 6.97. The summed E-state index contributed by atoms with van der Waals surface area (Å²) in [5, 5.41) is 3.79. The standard InChI is InChI=1S/C24H35N3O5S/c1-16(2)20(22(29)32-5)25-23(33)27-13-10-24(15-27)8-11-26(12-9-24)21(28)18-14-17(30-3)6-7-19(18)31-4/h6-7,14,16,20H,8-13,15H2,1-5H3,(H,25,33). The fourth-order valence-corrected chi connectivity index (χ4v) is 4.98. The highest BCUT2D eigenvalue weighted by Crippen LogP contribution is 2.41. The SMILES string of the molecule is COC(=O)C(NC(=S)N1CCC2(CCN(C(=O)c3cc(OC)ccc3OC)CC2)C1)C(C)C. The Morgan fingerprint density at radius 3 is 2.21 bits per heavy atom. The number of esters is 1. The van der Waals surface area contributed by atoms with Gasteiger partial charge in [0.1, 0.15) is 17.5 Å². The fourth-order valence-electron chi connectivity index (χ4n) is 4.70. The van der Waals surface area contributed by atoms with Gasteiger partial charge in [0.2, 0.25) is 0 Å². The summed E-state index contributed by atoms with van der Waals surface area (Å²) in [6.07, 6.45) is 2.84. The van der Waals surface area contributed by atoms with Crippen LogP contribution >= 0.6 is 12.2 Å². The summed E-state index contributed by atoms with van der Waals surface area (Å²) < 4.78 is 15.6. The monoisotopic (exact) mass is 477 g/mol. The number of thiocarbonyl (C=S) groups is 1. The summed E-state index contributed by atoms with van der Waals surface area (Å²) in [7, 11) is 4.54. The van der Waals surface area contributed by atoms with Crippen LogP contribution in [-0.4, -0.2) is 80.3 Å². The van der Waals surface area contributed by atoms with Crippen LogP contribution in [0.3, 0.4) is 0 Å². The van der Waals surface area contributed by atoms with Crippen molar-refractivity contribution in [1.29, 1.82) is 0 Å². The van der Waals surface area contributed by atoms with Crippen molar-refractivity contribution < 1.29 is 23.8 Å². The van der Waals surface area contributed by atoms with Gasteiger partial charge < -0.3 is 29.3 Å². The van der Waals surface area contributed by atoms with Crippen molar-refractivity contribution in [2.45, 2.75) is 39.2 Å². The molecule has 2 aliphatic rings. The molecule has 3 rings (SSSR count). The largest absolute Gasteiger partial charge is 0.497 e. The van der Waals surface area contributed by atoms with Crippen molar-refractivity contribution in [2.75, 3.05) is 47.5 Å². The van der Waals surface area contributed by atoms with Crippen molar-refractivity contribution >= 4 is 29.2 Å². The predicted octanol–water partition coefficient (Wildman–Crippen LogP) is 2.70. The zero-order chi connectivity index (χ0) is 24.2. The second kappa shape index (κ2) is 10.6. The minimum absolute atomic E-state index is 0.0366. The third-order valence-corrected chi connectivity index (χ3v) is 7.25. The van der Waals surface area contributed by atoms with Crippen LogP contribution < -0.4 is 14.8 Å². The van der Waals surface area contributed by atoms with E-state index in [4.69, 9.17) is 26.4 Å². The Labute approximate surface area is 201 Å². The molecule has 1 amide bonds. The van der Waals surface area contributed by atoms with Gasteiger partial charge in [-0.2, -0.15) is 0 Å². The molecule has 1 N–H and O–H groups in total. The lowest BCUT2D eigenvalue weighted by atomic mass is 9.77. The molecule has 0 saturated carbocycles. The summed E-state index contributed by atoms with van der Waals surface area (Å²) in [5.74, 6) is 0.906. The normalized spacial score (nSPS) is 18.2. The maximum Gasteiger partial charge on any atom is 0.328 e. The molecule has 0 radical (unpaired) electrons. The van der Waals surface area contributed by atoms with Crippen LogP contribution in [-0.2, 0) is 9.53 Å². The zero-order valence-electron chi connectivity index (χ0n) is 20.2. The number of ether oxygens (including phenoxy) is 3. The third kappa shape index (κ3) is 5.51. The topological polar surface area (TPSA) is 80.3 Å². The van der Waals surface area contributed by atoms with E-state index in [9.17, 15) is 9.59 Å². The minimum Gasteiger partial charge on any atom is -0.497 e. The first-order valence-electron chi connectivity index (χ1n) is 11.4. The highest BCUT2D eigenvalue weighted by molar-refractivity contribution is 7.80. The second-order valence-electron chi connectivity index (χ2n) is 9.22. The fraction of sp³-hybridized carbons (Fsp3) is 0.625. The van der Waals surface area contributed by atoms with Gasteiger partial charge in [-0.15, -0.1) is 0 Å². The van der Waals surface area contributed by atoms with Crippen molar-refractivity contribution in [2.24, 2.45) is 11.3 Å². The van der Waals surface area contributed by atoms with Gasteiger partial charge in [0, 0.05) is 26.2 Å². The second-order valence-corrected chi connectivity index (χ2v) is 9.61. The number of hydrogen-bond donors (Lipinski definition) is 1. The molecule has 1 unspecified atom stereocenters. The van der Waals surface area contributed by atoms with E-state index in [-0.39, 0.29) is 23.2 Å². The molecular formula is C24H35N3O5S. The van der Waals surface area contributed by atoms with Gasteiger partial charge in [0.15, 0.2) is 5.11 Å². The molecule has 1 aromatic rings. The van der Waals surface area contributed by atoms with E-state index < -0.39 is 6.04 Å². The molecule has 2 aliphatic heterocycles. The molecule has 0 aliphatic carbocycles. The minimum atomic E-state index is -0.462. The van der Waals surface area contributed by atoms with E-state index in [1.54, 1.807) is 32.4 Å². The lowest BCUT2D eigenvalue weighted by molar-refractivity contribution is -0.143. The van der Waals surface area contributed by atoms with Gasteiger partial charge in [-0.1, -0.05) is 13.8 Å². The van der Waals surface area contributed by atoms with Gasteiger partial charge in [-0.3, -0.25) is 4.79 Å². The molecule has 9 heteroatoms. The summed E-state index contributed by atoms with van der Waals surface area (Å²) in [5.41, 5.74) is 0.647. The molecule has 2 fully saturated rings. The number of rotatable bonds is 6. The van der Waals surface area contributed by atoms with Crippen LogP contribution in [0.15, 0.2) is 18.2 Å². The molecule has 33 heavy (non-hydrogen) atoms. The maximum atomic E-state index is 13.2. The quantitative estimate of drug-likeness (QED) is 0.495. The number of piperidine rings is 1. The molecule has 0 aromatic heterocycles. The highest BCUT2D eigenvalue weighted by atomic mass is 32.1. The van der Waals surface area contributed by atoms with E-state index in [2.05, 4.69) is 10.2 Å². The average molecular weight is 478 g/mol. The number of hydrogen-bond acceptors (Lipinski definition) is 6. The van der Waals surface area contributed by atoms with Crippen molar-refractivity contribution in [1.82, 2.24) is 15.1 Å². The van der Waals surface area contributed by atoms with Crippen LogP contribution in [0, 0.1) is 11.3 Å². The number of amides is 1. The predicted molar refractivity (Wildman–Crippen MR) is 130 cm³/mol. The molecule has 2 saturated heterocycles. The van der Waals surface area contributed by atoms with Crippen molar-refractivity contribution in [3.63, 3.8) is 0 Å². The van der Waals surface area contributed by atoms with Crippen LogP contribution in [0.1, 0.15) is 43.5 Å². The average Bonchev–Trinajstić information content (AvgIpc) is 3.24. The maximum absolute atomic E-state index is 13.2. The first-order chi connectivity index (χ1) is 15.7. The number of carbonyl (C=O) groups is 2. The molecule has 182 valence electrons. The van der Waals surface area contributed by atoms with Gasteiger partial charge >= 0.3 is 5.97 Å². The Bertz CT molecular complexity index is 883. The van der Waals surface area contributed by atoms with E-state index >= 15 is 0 Å². The van der Waals surface area contributed by atoms with E-state index in [1.807, 2.05) is 18.7 Å². The first kappa shape index (κ1) is 25.1. The van der Waals surface area contributed by atoms with Crippen molar-refractivity contribution in [3.05, 3.63) is 23.8 Å². The van der Waals surface area contributed by atoms with E-state index in [1.165, 1.54) is 7.11 Å². The van der Waals surface area contributed by atoms with Crippen LogP contribution in [0.25, 0.3) is 0 Å². The number of benzene rings is 1. The van der Waals surface area contributed by atoms with Crippen LogP contribution in [0.5, 0.6) is 11.5 Å². The van der Waals surface area contributed by atoms with Crippen LogP contribution in [0.2, 0.25) is 0 Å². The Balaban J connectivity index is 1.60. The lowest BCUT2D eigenvalue weighted by Crippen LogP contribution is -2.51.